The zero-order valence-electron chi connectivity index (χ0n) is 10.8. The number of nitrogens with zero attached hydrogens (tertiary/aromatic N) is 1. The standard InChI is InChI=1S/C14H19N3O/c1-11(7-9-15-2)17-10-8-12-5-3-4-6-13(12)16-14(17)18/h3-7,9,11,15H,8,10H2,1-2H3,(H,16,18)/b9-7+. The first-order valence-electron chi connectivity index (χ1n) is 6.22. The molecule has 0 saturated carbocycles. The first-order valence-corrected chi connectivity index (χ1v) is 6.22. The number of urea groups is 1. The summed E-state index contributed by atoms with van der Waals surface area (Å²) in [5.41, 5.74) is 2.12. The summed E-state index contributed by atoms with van der Waals surface area (Å²) in [6.45, 7) is 2.75. The molecule has 0 fully saturated rings. The van der Waals surface area contributed by atoms with Crippen LogP contribution in [-0.2, 0) is 6.42 Å². The number of para-hydroxylation sites is 1. The molecule has 1 atom stereocenters. The highest BCUT2D eigenvalue weighted by atomic mass is 16.2. The highest BCUT2D eigenvalue weighted by Crippen LogP contribution is 2.21. The molecule has 1 aliphatic rings. The minimum Gasteiger partial charge on any atom is -0.394 e. The molecule has 2 N–H and O–H groups in total. The first kappa shape index (κ1) is 12.5. The summed E-state index contributed by atoms with van der Waals surface area (Å²) < 4.78 is 0. The fourth-order valence-electron chi connectivity index (χ4n) is 2.12. The third-order valence-corrected chi connectivity index (χ3v) is 3.17. The summed E-state index contributed by atoms with van der Waals surface area (Å²) in [5, 5.41) is 5.91. The molecule has 96 valence electrons. The van der Waals surface area contributed by atoms with Gasteiger partial charge in [-0.3, -0.25) is 0 Å². The molecule has 4 heteroatoms. The van der Waals surface area contributed by atoms with Gasteiger partial charge < -0.3 is 15.5 Å². The van der Waals surface area contributed by atoms with Crippen molar-refractivity contribution >= 4 is 11.7 Å². The summed E-state index contributed by atoms with van der Waals surface area (Å²) in [6, 6.07) is 8.00. The van der Waals surface area contributed by atoms with Gasteiger partial charge in [0.25, 0.3) is 0 Å². The van der Waals surface area contributed by atoms with E-state index in [0.717, 1.165) is 18.7 Å². The smallest absolute Gasteiger partial charge is 0.322 e. The fraction of sp³-hybridized carbons (Fsp3) is 0.357. The Balaban J connectivity index is 2.14. The normalized spacial score (nSPS) is 17.0. The largest absolute Gasteiger partial charge is 0.394 e. The molecular formula is C14H19N3O. The second-order valence-corrected chi connectivity index (χ2v) is 4.42. The molecular weight excluding hydrogens is 226 g/mol. The van der Waals surface area contributed by atoms with Crippen molar-refractivity contribution in [2.75, 3.05) is 18.9 Å². The van der Waals surface area contributed by atoms with Crippen molar-refractivity contribution in [2.45, 2.75) is 19.4 Å². The number of amides is 2. The molecule has 0 aliphatic carbocycles. The second kappa shape index (κ2) is 5.58. The number of anilines is 1. The molecule has 0 bridgehead atoms. The van der Waals surface area contributed by atoms with Gasteiger partial charge in [-0.15, -0.1) is 0 Å². The van der Waals surface area contributed by atoms with E-state index in [9.17, 15) is 4.79 Å². The SMILES string of the molecule is CN/C=C/C(C)N1CCc2ccccc2NC1=O. The van der Waals surface area contributed by atoms with E-state index < -0.39 is 0 Å². The Kier molecular flexibility index (Phi) is 3.87. The topological polar surface area (TPSA) is 44.4 Å². The molecule has 18 heavy (non-hydrogen) atoms. The van der Waals surface area contributed by atoms with Crippen molar-refractivity contribution < 1.29 is 4.79 Å². The van der Waals surface area contributed by atoms with Gasteiger partial charge in [0.2, 0.25) is 0 Å². The lowest BCUT2D eigenvalue weighted by Crippen LogP contribution is -2.40. The van der Waals surface area contributed by atoms with Crippen LogP contribution in [0.15, 0.2) is 36.5 Å². The van der Waals surface area contributed by atoms with E-state index in [-0.39, 0.29) is 12.1 Å². The number of carbonyl (C=O) groups excluding carboxylic acids is 1. The van der Waals surface area contributed by atoms with E-state index >= 15 is 0 Å². The van der Waals surface area contributed by atoms with Crippen LogP contribution < -0.4 is 10.6 Å². The van der Waals surface area contributed by atoms with Gasteiger partial charge in [0.1, 0.15) is 0 Å². The fourth-order valence-corrected chi connectivity index (χ4v) is 2.12. The molecule has 1 heterocycles. The van der Waals surface area contributed by atoms with Crippen LogP contribution >= 0.6 is 0 Å². The maximum absolute atomic E-state index is 12.1. The van der Waals surface area contributed by atoms with Crippen molar-refractivity contribution in [3.63, 3.8) is 0 Å². The Morgan fingerprint density at radius 2 is 2.22 bits per heavy atom. The van der Waals surface area contributed by atoms with E-state index in [1.807, 2.05) is 49.3 Å². The Morgan fingerprint density at radius 1 is 1.44 bits per heavy atom. The molecule has 4 nitrogen and oxygen atoms in total. The van der Waals surface area contributed by atoms with E-state index in [1.54, 1.807) is 0 Å². The minimum absolute atomic E-state index is 0.0341. The van der Waals surface area contributed by atoms with E-state index in [1.165, 1.54) is 5.56 Å². The average molecular weight is 245 g/mol. The Labute approximate surface area is 108 Å². The number of rotatable bonds is 3. The molecule has 1 aromatic rings. The molecule has 1 aromatic carbocycles. The Morgan fingerprint density at radius 3 is 3.00 bits per heavy atom. The van der Waals surface area contributed by atoms with Crippen LogP contribution in [0.1, 0.15) is 12.5 Å². The van der Waals surface area contributed by atoms with E-state index in [4.69, 9.17) is 0 Å². The molecule has 0 spiro atoms. The lowest BCUT2D eigenvalue weighted by Gasteiger charge is -2.25. The summed E-state index contributed by atoms with van der Waals surface area (Å²) in [4.78, 5) is 14.0. The van der Waals surface area contributed by atoms with Gasteiger partial charge in [-0.2, -0.15) is 0 Å². The number of benzene rings is 1. The molecule has 1 unspecified atom stereocenters. The van der Waals surface area contributed by atoms with Crippen LogP contribution in [-0.4, -0.2) is 30.6 Å². The lowest BCUT2D eigenvalue weighted by molar-refractivity contribution is 0.205. The molecule has 1 aliphatic heterocycles. The molecule has 0 saturated heterocycles. The number of hydrogen-bond donors (Lipinski definition) is 2. The Bertz CT molecular complexity index is 456. The van der Waals surface area contributed by atoms with Gasteiger partial charge >= 0.3 is 6.03 Å². The summed E-state index contributed by atoms with van der Waals surface area (Å²) in [6.07, 6.45) is 4.72. The third-order valence-electron chi connectivity index (χ3n) is 3.17. The number of fused-ring (bicyclic) bond motifs is 1. The van der Waals surface area contributed by atoms with Crippen LogP contribution in [0.25, 0.3) is 0 Å². The van der Waals surface area contributed by atoms with Crippen LogP contribution in [0.5, 0.6) is 0 Å². The van der Waals surface area contributed by atoms with Crippen molar-refractivity contribution in [3.05, 3.63) is 42.1 Å². The quantitative estimate of drug-likeness (QED) is 0.857. The Hall–Kier alpha value is -1.97. The summed E-state index contributed by atoms with van der Waals surface area (Å²) in [5.74, 6) is 0. The first-order chi connectivity index (χ1) is 8.72. The predicted octanol–water partition coefficient (Wildman–Crippen LogP) is 2.20. The average Bonchev–Trinajstić information content (AvgIpc) is 2.54. The van der Waals surface area contributed by atoms with Crippen LogP contribution in [0, 0.1) is 0 Å². The molecule has 0 radical (unpaired) electrons. The van der Waals surface area contributed by atoms with E-state index in [2.05, 4.69) is 16.7 Å². The number of hydrogen-bond acceptors (Lipinski definition) is 2. The van der Waals surface area contributed by atoms with Crippen LogP contribution in [0.4, 0.5) is 10.5 Å². The molecule has 2 amide bonds. The van der Waals surface area contributed by atoms with Crippen molar-refractivity contribution in [1.29, 1.82) is 0 Å². The van der Waals surface area contributed by atoms with Gasteiger partial charge in [-0.1, -0.05) is 18.2 Å². The van der Waals surface area contributed by atoms with Gasteiger partial charge in [0.05, 0.1) is 6.04 Å². The maximum atomic E-state index is 12.1. The number of carbonyl (C=O) groups is 1. The summed E-state index contributed by atoms with van der Waals surface area (Å²) in [7, 11) is 1.85. The van der Waals surface area contributed by atoms with Crippen molar-refractivity contribution in [3.8, 4) is 0 Å². The maximum Gasteiger partial charge on any atom is 0.322 e. The summed E-state index contributed by atoms with van der Waals surface area (Å²) >= 11 is 0. The minimum atomic E-state index is -0.0341. The zero-order valence-corrected chi connectivity index (χ0v) is 10.8. The van der Waals surface area contributed by atoms with Crippen LogP contribution in [0.3, 0.4) is 0 Å². The number of nitrogens with one attached hydrogen (secondary N) is 2. The highest BCUT2D eigenvalue weighted by molar-refractivity contribution is 5.91. The predicted molar refractivity (Wildman–Crippen MR) is 73.5 cm³/mol. The third kappa shape index (κ3) is 2.64. The zero-order chi connectivity index (χ0) is 13.0. The highest BCUT2D eigenvalue weighted by Gasteiger charge is 2.22. The van der Waals surface area contributed by atoms with Gasteiger partial charge in [-0.25, -0.2) is 4.79 Å². The lowest BCUT2D eigenvalue weighted by atomic mass is 10.1. The van der Waals surface area contributed by atoms with Gasteiger partial charge in [-0.05, 0) is 37.3 Å². The van der Waals surface area contributed by atoms with Gasteiger partial charge in [0, 0.05) is 19.3 Å². The monoisotopic (exact) mass is 245 g/mol. The van der Waals surface area contributed by atoms with Crippen molar-refractivity contribution in [1.82, 2.24) is 10.2 Å². The van der Waals surface area contributed by atoms with Crippen LogP contribution in [0.2, 0.25) is 0 Å². The second-order valence-electron chi connectivity index (χ2n) is 4.42. The van der Waals surface area contributed by atoms with E-state index in [0.29, 0.717) is 0 Å². The van der Waals surface area contributed by atoms with Gasteiger partial charge in [0.15, 0.2) is 0 Å². The van der Waals surface area contributed by atoms with Crippen molar-refractivity contribution in [2.24, 2.45) is 0 Å². The molecule has 0 aromatic heterocycles. The molecule has 2 rings (SSSR count).